The number of benzene rings is 3. The molecule has 35 heavy (non-hydrogen) atoms. The number of carbonyl (C=O) groups excluding carboxylic acids is 1. The number of nitrogens with zero attached hydrogens (tertiary/aromatic N) is 4. The van der Waals surface area contributed by atoms with E-state index < -0.39 is 11.0 Å². The first kappa shape index (κ1) is 22.1. The molecule has 9 nitrogen and oxygen atoms in total. The molecular formula is C26H23N5O4. The zero-order valence-corrected chi connectivity index (χ0v) is 19.2. The number of nitro groups is 1. The van der Waals surface area contributed by atoms with Gasteiger partial charge in [-0.2, -0.15) is 5.10 Å². The summed E-state index contributed by atoms with van der Waals surface area (Å²) in [7, 11) is 1.56. The summed E-state index contributed by atoms with van der Waals surface area (Å²) in [5.74, 6) is 0.490. The van der Waals surface area contributed by atoms with Crippen molar-refractivity contribution in [1.82, 2.24) is 9.78 Å². The molecule has 1 aromatic heterocycles. The highest BCUT2D eigenvalue weighted by atomic mass is 16.6. The van der Waals surface area contributed by atoms with Crippen molar-refractivity contribution in [3.63, 3.8) is 0 Å². The van der Waals surface area contributed by atoms with Crippen LogP contribution >= 0.6 is 0 Å². The van der Waals surface area contributed by atoms with Crippen molar-refractivity contribution >= 4 is 28.7 Å². The largest absolute Gasteiger partial charge is 0.496 e. The van der Waals surface area contributed by atoms with Crippen LogP contribution in [-0.4, -0.2) is 27.7 Å². The molecule has 5 rings (SSSR count). The molecule has 1 unspecified atom stereocenters. The Morgan fingerprint density at radius 2 is 1.89 bits per heavy atom. The van der Waals surface area contributed by atoms with Gasteiger partial charge in [-0.3, -0.25) is 24.5 Å². The van der Waals surface area contributed by atoms with Crippen molar-refractivity contribution in [2.75, 3.05) is 17.3 Å². The maximum absolute atomic E-state index is 13.8. The molecule has 0 saturated carbocycles. The van der Waals surface area contributed by atoms with Crippen LogP contribution in [0.15, 0.2) is 79.1 Å². The number of carbonyl (C=O) groups is 1. The molecule has 176 valence electrons. The minimum atomic E-state index is -0.636. The molecule has 0 aliphatic carbocycles. The molecule has 4 aromatic rings. The van der Waals surface area contributed by atoms with Gasteiger partial charge < -0.3 is 10.1 Å². The third kappa shape index (κ3) is 4.19. The van der Waals surface area contributed by atoms with Gasteiger partial charge in [0.2, 0.25) is 0 Å². The summed E-state index contributed by atoms with van der Waals surface area (Å²) in [5, 5.41) is 18.5. The van der Waals surface area contributed by atoms with Gasteiger partial charge in [-0.15, -0.1) is 0 Å². The number of methoxy groups -OCH3 is 1. The average molecular weight is 470 g/mol. The first-order valence-corrected chi connectivity index (χ1v) is 11.0. The second-order valence-corrected chi connectivity index (χ2v) is 8.33. The van der Waals surface area contributed by atoms with Crippen molar-refractivity contribution < 1.29 is 14.5 Å². The van der Waals surface area contributed by atoms with Crippen LogP contribution in [0.1, 0.15) is 22.7 Å². The Morgan fingerprint density at radius 3 is 2.60 bits per heavy atom. The van der Waals surface area contributed by atoms with Gasteiger partial charge in [-0.05, 0) is 48.9 Å². The number of aromatic nitrogens is 2. The molecule has 1 amide bonds. The van der Waals surface area contributed by atoms with E-state index >= 15 is 0 Å². The highest BCUT2D eigenvalue weighted by Gasteiger charge is 2.34. The van der Waals surface area contributed by atoms with Crippen molar-refractivity contribution in [2.45, 2.75) is 19.5 Å². The number of hydrogen-bond acceptors (Lipinski definition) is 6. The van der Waals surface area contributed by atoms with Crippen molar-refractivity contribution in [3.05, 3.63) is 106 Å². The monoisotopic (exact) mass is 469 g/mol. The fourth-order valence-corrected chi connectivity index (χ4v) is 4.25. The maximum Gasteiger partial charge on any atom is 0.307 e. The van der Waals surface area contributed by atoms with E-state index in [4.69, 9.17) is 4.74 Å². The first-order chi connectivity index (χ1) is 16.9. The van der Waals surface area contributed by atoms with Gasteiger partial charge in [0.25, 0.3) is 5.91 Å². The number of rotatable bonds is 6. The lowest BCUT2D eigenvalue weighted by Gasteiger charge is -2.35. The minimum absolute atomic E-state index is 0.0883. The highest BCUT2D eigenvalue weighted by Crippen LogP contribution is 2.41. The average Bonchev–Trinajstić information content (AvgIpc) is 3.33. The van der Waals surface area contributed by atoms with Gasteiger partial charge >= 0.3 is 5.69 Å². The van der Waals surface area contributed by atoms with Crippen LogP contribution in [0.25, 0.3) is 0 Å². The third-order valence-electron chi connectivity index (χ3n) is 6.00. The Hall–Kier alpha value is -4.66. The minimum Gasteiger partial charge on any atom is -0.496 e. The molecule has 1 N–H and O–H groups in total. The van der Waals surface area contributed by atoms with Crippen LogP contribution < -0.4 is 15.0 Å². The molecule has 3 aromatic carbocycles. The number of nitrogens with one attached hydrogen (secondary N) is 1. The standard InChI is InChI=1S/C26H23N5O4/c1-17-7-10-20(11-8-17)30-23-6-4-3-5-22(23)28-25(26(30)32)18-9-12-24(35-2)19(13-18)15-29-16-21(14-27-29)31(33)34/h3-14,16,25,28H,15H2,1-2H3. The van der Waals surface area contributed by atoms with E-state index in [1.54, 1.807) is 18.1 Å². The molecule has 0 radical (unpaired) electrons. The predicted molar refractivity (Wildman–Crippen MR) is 132 cm³/mol. The summed E-state index contributed by atoms with van der Waals surface area (Å²) < 4.78 is 6.98. The van der Waals surface area contributed by atoms with Crippen molar-refractivity contribution in [2.24, 2.45) is 0 Å². The van der Waals surface area contributed by atoms with Crippen molar-refractivity contribution in [3.8, 4) is 5.75 Å². The number of aryl methyl sites for hydroxylation is 1. The Bertz CT molecular complexity index is 1410. The molecule has 1 aliphatic heterocycles. The van der Waals surface area contributed by atoms with Gasteiger partial charge in [0.1, 0.15) is 24.2 Å². The van der Waals surface area contributed by atoms with Crippen LogP contribution in [0.4, 0.5) is 22.7 Å². The number of ether oxygens (including phenoxy) is 1. The van der Waals surface area contributed by atoms with Crippen molar-refractivity contribution in [1.29, 1.82) is 0 Å². The summed E-state index contributed by atoms with van der Waals surface area (Å²) >= 11 is 0. The second-order valence-electron chi connectivity index (χ2n) is 8.33. The van der Waals surface area contributed by atoms with E-state index in [9.17, 15) is 14.9 Å². The number of amides is 1. The smallest absolute Gasteiger partial charge is 0.307 e. The number of para-hydroxylation sites is 2. The molecule has 1 aliphatic rings. The fraction of sp³-hybridized carbons (Fsp3) is 0.154. The van der Waals surface area contributed by atoms with Gasteiger partial charge in [0.15, 0.2) is 0 Å². The first-order valence-electron chi connectivity index (χ1n) is 11.0. The zero-order chi connectivity index (χ0) is 24.5. The molecule has 0 fully saturated rings. The summed E-state index contributed by atoms with van der Waals surface area (Å²) in [5.41, 5.74) is 4.94. The van der Waals surface area contributed by atoms with Crippen LogP contribution in [0.2, 0.25) is 0 Å². The van der Waals surface area contributed by atoms with Crippen LogP contribution in [0.5, 0.6) is 5.75 Å². The van der Waals surface area contributed by atoms with Crippen LogP contribution in [0.3, 0.4) is 0 Å². The number of hydrogen-bond donors (Lipinski definition) is 1. The van der Waals surface area contributed by atoms with Crippen LogP contribution in [0, 0.1) is 17.0 Å². The lowest BCUT2D eigenvalue weighted by Crippen LogP contribution is -2.39. The zero-order valence-electron chi connectivity index (χ0n) is 19.2. The summed E-state index contributed by atoms with van der Waals surface area (Å²) in [6, 6.07) is 20.4. The Labute approximate surface area is 201 Å². The summed E-state index contributed by atoms with van der Waals surface area (Å²) in [6.45, 7) is 2.26. The molecule has 9 heteroatoms. The maximum atomic E-state index is 13.8. The third-order valence-corrected chi connectivity index (χ3v) is 6.00. The van der Waals surface area contributed by atoms with Crippen LogP contribution in [-0.2, 0) is 11.3 Å². The molecule has 0 saturated heterocycles. The lowest BCUT2D eigenvalue weighted by atomic mass is 9.98. The van der Waals surface area contributed by atoms with E-state index in [2.05, 4.69) is 10.4 Å². The topological polar surface area (TPSA) is 103 Å². The van der Waals surface area contributed by atoms with Gasteiger partial charge in [-0.1, -0.05) is 35.9 Å². The van der Waals surface area contributed by atoms with E-state index in [0.29, 0.717) is 5.75 Å². The molecule has 0 spiro atoms. The normalized spacial score (nSPS) is 14.9. The quantitative estimate of drug-likeness (QED) is 0.315. The Morgan fingerprint density at radius 1 is 1.11 bits per heavy atom. The highest BCUT2D eigenvalue weighted by molar-refractivity contribution is 6.10. The predicted octanol–water partition coefficient (Wildman–Crippen LogP) is 4.99. The van der Waals surface area contributed by atoms with E-state index in [0.717, 1.165) is 33.8 Å². The Kier molecular flexibility index (Phi) is 5.66. The molecular weight excluding hydrogens is 446 g/mol. The second kappa shape index (κ2) is 8.94. The van der Waals surface area contributed by atoms with Gasteiger partial charge in [0.05, 0.1) is 30.0 Å². The van der Waals surface area contributed by atoms with E-state index in [-0.39, 0.29) is 18.1 Å². The SMILES string of the molecule is COc1ccc(C2Nc3ccccc3N(c3ccc(C)cc3)C2=O)cc1Cn1cc([N+](=O)[O-])cn1. The molecule has 1 atom stereocenters. The van der Waals surface area contributed by atoms with E-state index in [1.165, 1.54) is 17.1 Å². The summed E-state index contributed by atoms with van der Waals surface area (Å²) in [6.07, 6.45) is 2.57. The number of anilines is 3. The Balaban J connectivity index is 1.53. The van der Waals surface area contributed by atoms with E-state index in [1.807, 2.05) is 67.6 Å². The summed E-state index contributed by atoms with van der Waals surface area (Å²) in [4.78, 5) is 26.1. The number of fused-ring (bicyclic) bond motifs is 1. The fourth-order valence-electron chi connectivity index (χ4n) is 4.25. The molecule has 2 heterocycles. The van der Waals surface area contributed by atoms with Gasteiger partial charge in [-0.25, -0.2) is 0 Å². The lowest BCUT2D eigenvalue weighted by molar-refractivity contribution is -0.385. The van der Waals surface area contributed by atoms with Gasteiger partial charge in [0, 0.05) is 11.3 Å². The molecule has 0 bridgehead atoms.